The number of nitrogens with zero attached hydrogens (tertiary/aromatic N) is 2. The van der Waals surface area contributed by atoms with E-state index < -0.39 is 0 Å². The molecular formula is C18H15BrN4O2. The van der Waals surface area contributed by atoms with E-state index in [4.69, 9.17) is 4.74 Å². The number of aromatic nitrogens is 2. The molecule has 25 heavy (non-hydrogen) atoms. The topological polar surface area (TPSA) is 76.1 Å². The monoisotopic (exact) mass is 398 g/mol. The van der Waals surface area contributed by atoms with Crippen LogP contribution in [0.3, 0.4) is 0 Å². The Bertz CT molecular complexity index is 884. The summed E-state index contributed by atoms with van der Waals surface area (Å²) in [6, 6.07) is 14.8. The summed E-state index contributed by atoms with van der Waals surface area (Å²) in [6.07, 6.45) is 2.94. The first-order chi connectivity index (χ1) is 12.2. The summed E-state index contributed by atoms with van der Waals surface area (Å²) < 4.78 is 6.05. The molecule has 2 aromatic carbocycles. The number of carbonyl (C=O) groups is 1. The van der Waals surface area contributed by atoms with Crippen molar-refractivity contribution in [2.75, 3.05) is 17.7 Å². The molecule has 0 radical (unpaired) electrons. The molecule has 3 rings (SSSR count). The molecule has 0 aliphatic carbocycles. The largest absolute Gasteiger partial charge is 0.497 e. The van der Waals surface area contributed by atoms with E-state index in [0.29, 0.717) is 17.3 Å². The first-order valence-electron chi connectivity index (χ1n) is 7.45. The maximum Gasteiger partial charge on any atom is 0.275 e. The van der Waals surface area contributed by atoms with Crippen LogP contribution in [0.2, 0.25) is 0 Å². The van der Waals surface area contributed by atoms with Gasteiger partial charge in [-0.15, -0.1) is 0 Å². The van der Waals surface area contributed by atoms with Gasteiger partial charge in [0.2, 0.25) is 0 Å². The summed E-state index contributed by atoms with van der Waals surface area (Å²) in [5.74, 6) is 0.870. The third-order valence-corrected chi connectivity index (χ3v) is 4.04. The average molecular weight is 399 g/mol. The van der Waals surface area contributed by atoms with Crippen LogP contribution < -0.4 is 15.4 Å². The van der Waals surface area contributed by atoms with Gasteiger partial charge in [-0.3, -0.25) is 4.79 Å². The van der Waals surface area contributed by atoms with Gasteiger partial charge in [0.05, 0.1) is 25.2 Å². The Hall–Kier alpha value is -2.93. The highest BCUT2D eigenvalue weighted by atomic mass is 79.9. The molecule has 0 aliphatic heterocycles. The third kappa shape index (κ3) is 4.33. The molecule has 1 heterocycles. The molecule has 7 heteroatoms. The minimum Gasteiger partial charge on any atom is -0.497 e. The molecule has 6 nitrogen and oxygen atoms in total. The molecule has 1 aromatic heterocycles. The number of hydrogen-bond donors (Lipinski definition) is 2. The van der Waals surface area contributed by atoms with E-state index in [0.717, 1.165) is 10.2 Å². The van der Waals surface area contributed by atoms with Crippen molar-refractivity contribution in [1.82, 2.24) is 9.97 Å². The Labute approximate surface area is 153 Å². The molecule has 3 aromatic rings. The first kappa shape index (κ1) is 16.9. The Morgan fingerprint density at radius 3 is 2.64 bits per heavy atom. The van der Waals surface area contributed by atoms with Gasteiger partial charge in [0.25, 0.3) is 5.91 Å². The lowest BCUT2D eigenvalue weighted by atomic mass is 10.3. The maximum atomic E-state index is 12.3. The molecule has 0 saturated heterocycles. The van der Waals surface area contributed by atoms with Crippen molar-refractivity contribution in [3.8, 4) is 5.75 Å². The van der Waals surface area contributed by atoms with Crippen LogP contribution in [0.5, 0.6) is 5.75 Å². The van der Waals surface area contributed by atoms with E-state index >= 15 is 0 Å². The van der Waals surface area contributed by atoms with Crippen molar-refractivity contribution in [2.24, 2.45) is 0 Å². The number of hydrogen-bond acceptors (Lipinski definition) is 5. The molecule has 0 bridgehead atoms. The number of amides is 1. The standard InChI is InChI=1S/C18H15BrN4O2/c1-25-13-6-4-5-12(9-13)22-18(24)16-10-21-17(11-20-16)23-15-8-3-2-7-14(15)19/h2-11H,1H3,(H,21,23)(H,22,24). The number of carbonyl (C=O) groups excluding carboxylic acids is 1. The number of ether oxygens (including phenoxy) is 1. The highest BCUT2D eigenvalue weighted by Gasteiger charge is 2.09. The predicted octanol–water partition coefficient (Wildman–Crippen LogP) is 4.24. The second-order valence-corrected chi connectivity index (χ2v) is 5.93. The Balaban J connectivity index is 1.69. The summed E-state index contributed by atoms with van der Waals surface area (Å²) in [6.45, 7) is 0. The minimum atomic E-state index is -0.340. The Kier molecular flexibility index (Phi) is 5.25. The van der Waals surface area contributed by atoms with Gasteiger partial charge >= 0.3 is 0 Å². The minimum absolute atomic E-state index is 0.223. The van der Waals surface area contributed by atoms with Gasteiger partial charge in [0.1, 0.15) is 17.3 Å². The van der Waals surface area contributed by atoms with E-state index in [1.165, 1.54) is 12.4 Å². The smallest absolute Gasteiger partial charge is 0.275 e. The zero-order valence-electron chi connectivity index (χ0n) is 13.4. The summed E-state index contributed by atoms with van der Waals surface area (Å²) >= 11 is 3.46. The van der Waals surface area contributed by atoms with Crippen LogP contribution in [0.25, 0.3) is 0 Å². The average Bonchev–Trinajstić information content (AvgIpc) is 2.64. The van der Waals surface area contributed by atoms with Gasteiger partial charge in [-0.1, -0.05) is 18.2 Å². The van der Waals surface area contributed by atoms with E-state index in [-0.39, 0.29) is 11.6 Å². The zero-order valence-corrected chi connectivity index (χ0v) is 14.9. The number of methoxy groups -OCH3 is 1. The van der Waals surface area contributed by atoms with Gasteiger partial charge in [0.15, 0.2) is 0 Å². The number of rotatable bonds is 5. The molecule has 0 fully saturated rings. The van der Waals surface area contributed by atoms with Gasteiger partial charge in [0, 0.05) is 16.2 Å². The first-order valence-corrected chi connectivity index (χ1v) is 8.24. The number of benzene rings is 2. The molecule has 0 aliphatic rings. The normalized spacial score (nSPS) is 10.2. The molecule has 126 valence electrons. The Morgan fingerprint density at radius 2 is 1.92 bits per heavy atom. The maximum absolute atomic E-state index is 12.3. The van der Waals surface area contributed by atoms with Crippen LogP contribution in [0, 0.1) is 0 Å². The van der Waals surface area contributed by atoms with E-state index in [1.807, 2.05) is 24.3 Å². The van der Waals surface area contributed by atoms with Gasteiger partial charge in [-0.25, -0.2) is 9.97 Å². The fourth-order valence-corrected chi connectivity index (χ4v) is 2.49. The SMILES string of the molecule is COc1cccc(NC(=O)c2cnc(Nc3ccccc3Br)cn2)c1. The lowest BCUT2D eigenvalue weighted by molar-refractivity contribution is 0.102. The van der Waals surface area contributed by atoms with Crippen LogP contribution in [0.4, 0.5) is 17.2 Å². The Morgan fingerprint density at radius 1 is 1.08 bits per heavy atom. The van der Waals surface area contributed by atoms with Crippen molar-refractivity contribution in [3.63, 3.8) is 0 Å². The number of halogens is 1. The molecule has 0 unspecified atom stereocenters. The van der Waals surface area contributed by atoms with Crippen molar-refractivity contribution in [2.45, 2.75) is 0 Å². The van der Waals surface area contributed by atoms with Crippen molar-refractivity contribution in [3.05, 3.63) is 71.1 Å². The fraction of sp³-hybridized carbons (Fsp3) is 0.0556. The molecule has 1 amide bonds. The zero-order chi connectivity index (χ0) is 17.6. The number of nitrogens with one attached hydrogen (secondary N) is 2. The van der Waals surface area contributed by atoms with Crippen LogP contribution in [0.15, 0.2) is 65.4 Å². The van der Waals surface area contributed by atoms with Crippen molar-refractivity contribution >= 4 is 39.0 Å². The lowest BCUT2D eigenvalue weighted by Gasteiger charge is -2.08. The van der Waals surface area contributed by atoms with Crippen molar-refractivity contribution < 1.29 is 9.53 Å². The molecule has 2 N–H and O–H groups in total. The second-order valence-electron chi connectivity index (χ2n) is 5.08. The van der Waals surface area contributed by atoms with E-state index in [9.17, 15) is 4.79 Å². The third-order valence-electron chi connectivity index (χ3n) is 3.35. The summed E-state index contributed by atoms with van der Waals surface area (Å²) in [7, 11) is 1.57. The van der Waals surface area contributed by atoms with Crippen molar-refractivity contribution in [1.29, 1.82) is 0 Å². The van der Waals surface area contributed by atoms with E-state index in [2.05, 4.69) is 36.5 Å². The van der Waals surface area contributed by atoms with Gasteiger partial charge < -0.3 is 15.4 Å². The predicted molar refractivity (Wildman–Crippen MR) is 100 cm³/mol. The second kappa shape index (κ2) is 7.76. The quantitative estimate of drug-likeness (QED) is 0.671. The number of anilines is 3. The summed E-state index contributed by atoms with van der Waals surface area (Å²) in [5.41, 5.74) is 1.72. The highest BCUT2D eigenvalue weighted by molar-refractivity contribution is 9.10. The summed E-state index contributed by atoms with van der Waals surface area (Å²) in [5, 5.41) is 5.90. The van der Waals surface area contributed by atoms with E-state index in [1.54, 1.807) is 31.4 Å². The highest BCUT2D eigenvalue weighted by Crippen LogP contribution is 2.24. The molecule has 0 spiro atoms. The van der Waals surface area contributed by atoms with Crippen LogP contribution in [0.1, 0.15) is 10.5 Å². The van der Waals surface area contributed by atoms with Crippen LogP contribution >= 0.6 is 15.9 Å². The fourth-order valence-electron chi connectivity index (χ4n) is 2.11. The van der Waals surface area contributed by atoms with Gasteiger partial charge in [-0.2, -0.15) is 0 Å². The molecule has 0 saturated carbocycles. The lowest BCUT2D eigenvalue weighted by Crippen LogP contribution is -2.14. The van der Waals surface area contributed by atoms with Crippen LogP contribution in [-0.2, 0) is 0 Å². The number of para-hydroxylation sites is 1. The molecule has 0 atom stereocenters. The van der Waals surface area contributed by atoms with Gasteiger partial charge in [-0.05, 0) is 40.2 Å². The van der Waals surface area contributed by atoms with Crippen LogP contribution in [-0.4, -0.2) is 23.0 Å². The summed E-state index contributed by atoms with van der Waals surface area (Å²) in [4.78, 5) is 20.6. The molecular weight excluding hydrogens is 384 g/mol.